The molecule has 1 aromatic heterocycles. The Morgan fingerprint density at radius 2 is 2.11 bits per heavy atom. The maximum Gasteiger partial charge on any atom is 0.185 e. The van der Waals surface area contributed by atoms with Gasteiger partial charge in [-0.15, -0.1) is 11.3 Å². The number of rotatable bonds is 5. The van der Waals surface area contributed by atoms with Gasteiger partial charge in [-0.25, -0.2) is 4.98 Å². The van der Waals surface area contributed by atoms with Gasteiger partial charge in [0.2, 0.25) is 0 Å². The molecule has 1 aliphatic carbocycles. The van der Waals surface area contributed by atoms with Gasteiger partial charge in [-0.05, 0) is 37.6 Å². The maximum atomic E-state index is 4.59. The van der Waals surface area contributed by atoms with E-state index in [2.05, 4.69) is 43.0 Å². The molecule has 0 aliphatic heterocycles. The summed E-state index contributed by atoms with van der Waals surface area (Å²) in [5.41, 5.74) is 0.538. The van der Waals surface area contributed by atoms with Crippen molar-refractivity contribution in [2.24, 2.45) is 5.41 Å². The minimum Gasteiger partial charge on any atom is -0.348 e. The van der Waals surface area contributed by atoms with Crippen molar-refractivity contribution in [3.05, 3.63) is 11.1 Å². The van der Waals surface area contributed by atoms with E-state index in [1.54, 1.807) is 0 Å². The summed E-state index contributed by atoms with van der Waals surface area (Å²) < 4.78 is 0. The van der Waals surface area contributed by atoms with Gasteiger partial charge in [-0.2, -0.15) is 0 Å². The van der Waals surface area contributed by atoms with Crippen molar-refractivity contribution in [2.75, 3.05) is 18.5 Å². The van der Waals surface area contributed by atoms with E-state index in [0.29, 0.717) is 11.5 Å². The van der Waals surface area contributed by atoms with Crippen LogP contribution in [0.15, 0.2) is 6.20 Å². The molecule has 4 heteroatoms. The normalized spacial score (nSPS) is 19.6. The van der Waals surface area contributed by atoms with Crippen LogP contribution >= 0.6 is 11.3 Å². The van der Waals surface area contributed by atoms with E-state index in [1.165, 1.54) is 35.7 Å². The van der Waals surface area contributed by atoms with Crippen LogP contribution in [0.5, 0.6) is 0 Å². The summed E-state index contributed by atoms with van der Waals surface area (Å²) in [6, 6.07) is 0.672. The van der Waals surface area contributed by atoms with Crippen molar-refractivity contribution in [2.45, 2.75) is 59.0 Å². The molecule has 19 heavy (non-hydrogen) atoms. The topological polar surface area (TPSA) is 28.2 Å². The lowest BCUT2D eigenvalue weighted by Crippen LogP contribution is -2.37. The van der Waals surface area contributed by atoms with Crippen LogP contribution in [0.3, 0.4) is 0 Å². The minimum absolute atomic E-state index is 0.538. The predicted molar refractivity (Wildman–Crippen MR) is 83.9 cm³/mol. The lowest BCUT2D eigenvalue weighted by molar-refractivity contribution is 0.222. The Kier molecular flexibility index (Phi) is 4.85. The fraction of sp³-hybridized carbons (Fsp3) is 0.800. The van der Waals surface area contributed by atoms with Crippen LogP contribution in [-0.2, 0) is 6.54 Å². The first-order valence-electron chi connectivity index (χ1n) is 7.40. The van der Waals surface area contributed by atoms with Gasteiger partial charge < -0.3 is 10.2 Å². The summed E-state index contributed by atoms with van der Waals surface area (Å²) in [4.78, 5) is 8.32. The second-order valence-corrected chi connectivity index (χ2v) is 7.49. The first-order valence-corrected chi connectivity index (χ1v) is 8.22. The van der Waals surface area contributed by atoms with Crippen LogP contribution in [0, 0.1) is 5.41 Å². The molecule has 1 fully saturated rings. The average Bonchev–Trinajstić information content (AvgIpc) is 2.84. The van der Waals surface area contributed by atoms with E-state index < -0.39 is 0 Å². The van der Waals surface area contributed by atoms with Crippen LogP contribution in [0.2, 0.25) is 0 Å². The first kappa shape index (κ1) is 14.8. The number of hydrogen-bond acceptors (Lipinski definition) is 4. The minimum atomic E-state index is 0.538. The average molecular weight is 281 g/mol. The molecule has 0 radical (unpaired) electrons. The summed E-state index contributed by atoms with van der Waals surface area (Å²) in [6.45, 7) is 8.88. The summed E-state index contributed by atoms with van der Waals surface area (Å²) in [5.74, 6) is 0. The zero-order valence-electron chi connectivity index (χ0n) is 12.7. The van der Waals surface area contributed by atoms with Crippen molar-refractivity contribution >= 4 is 16.5 Å². The molecule has 1 aliphatic rings. The smallest absolute Gasteiger partial charge is 0.185 e. The zero-order valence-corrected chi connectivity index (χ0v) is 13.5. The summed E-state index contributed by atoms with van der Waals surface area (Å²) in [5, 5.41) is 4.54. The van der Waals surface area contributed by atoms with Gasteiger partial charge in [0, 0.05) is 30.7 Å². The molecule has 1 saturated carbocycles. The Bertz CT molecular complexity index is 390. The fourth-order valence-corrected chi connectivity index (χ4v) is 3.63. The highest BCUT2D eigenvalue weighted by molar-refractivity contribution is 7.15. The van der Waals surface area contributed by atoms with Gasteiger partial charge in [-0.3, -0.25) is 0 Å². The van der Waals surface area contributed by atoms with Crippen LogP contribution in [0.25, 0.3) is 0 Å². The van der Waals surface area contributed by atoms with Crippen molar-refractivity contribution in [1.29, 1.82) is 0 Å². The quantitative estimate of drug-likeness (QED) is 0.893. The monoisotopic (exact) mass is 281 g/mol. The molecule has 0 atom stereocenters. The Balaban J connectivity index is 1.92. The molecule has 0 bridgehead atoms. The van der Waals surface area contributed by atoms with E-state index in [0.717, 1.165) is 13.1 Å². The highest BCUT2D eigenvalue weighted by Crippen LogP contribution is 2.38. The van der Waals surface area contributed by atoms with Crippen molar-refractivity contribution in [3.8, 4) is 0 Å². The molecule has 0 amide bonds. The van der Waals surface area contributed by atoms with Gasteiger partial charge in [0.1, 0.15) is 0 Å². The summed E-state index contributed by atoms with van der Waals surface area (Å²) in [7, 11) is 2.21. The van der Waals surface area contributed by atoms with E-state index >= 15 is 0 Å². The second-order valence-electron chi connectivity index (χ2n) is 6.40. The number of aromatic nitrogens is 1. The standard InChI is InChI=1S/C15H27N3S/c1-5-16-10-13-11-17-14(19-13)18(4)12-6-8-15(2,3)9-7-12/h11-12,16H,5-10H2,1-4H3. The predicted octanol–water partition coefficient (Wildman–Crippen LogP) is 3.66. The molecule has 0 aromatic carbocycles. The Morgan fingerprint density at radius 1 is 1.42 bits per heavy atom. The molecule has 1 aromatic rings. The van der Waals surface area contributed by atoms with E-state index in [1.807, 2.05) is 17.5 Å². The van der Waals surface area contributed by atoms with Crippen LogP contribution in [0.4, 0.5) is 5.13 Å². The van der Waals surface area contributed by atoms with E-state index in [9.17, 15) is 0 Å². The second kappa shape index (κ2) is 6.23. The van der Waals surface area contributed by atoms with Crippen molar-refractivity contribution in [3.63, 3.8) is 0 Å². The lowest BCUT2D eigenvalue weighted by atomic mass is 9.75. The Labute approximate surface area is 121 Å². The fourth-order valence-electron chi connectivity index (χ4n) is 2.72. The van der Waals surface area contributed by atoms with Gasteiger partial charge >= 0.3 is 0 Å². The molecule has 108 valence electrons. The molecule has 3 nitrogen and oxygen atoms in total. The molecular formula is C15H27N3S. The number of anilines is 1. The SMILES string of the molecule is CCNCc1cnc(N(C)C2CCC(C)(C)CC2)s1. The number of nitrogens with zero attached hydrogens (tertiary/aromatic N) is 2. The van der Waals surface area contributed by atoms with Crippen LogP contribution < -0.4 is 10.2 Å². The van der Waals surface area contributed by atoms with Crippen molar-refractivity contribution in [1.82, 2.24) is 10.3 Å². The molecule has 2 rings (SSSR count). The highest BCUT2D eigenvalue weighted by atomic mass is 32.1. The van der Waals surface area contributed by atoms with Crippen LogP contribution in [-0.4, -0.2) is 24.6 Å². The van der Waals surface area contributed by atoms with Crippen molar-refractivity contribution < 1.29 is 0 Å². The molecule has 0 unspecified atom stereocenters. The third-order valence-corrected chi connectivity index (χ3v) is 5.34. The number of nitrogens with one attached hydrogen (secondary N) is 1. The summed E-state index contributed by atoms with van der Waals surface area (Å²) in [6.07, 6.45) is 7.28. The third-order valence-electron chi connectivity index (χ3n) is 4.25. The third kappa shape index (κ3) is 3.93. The maximum absolute atomic E-state index is 4.59. The molecule has 0 spiro atoms. The molecule has 1 N–H and O–H groups in total. The van der Waals surface area contributed by atoms with E-state index in [-0.39, 0.29) is 0 Å². The first-order chi connectivity index (χ1) is 9.02. The number of thiazole rings is 1. The molecule has 0 saturated heterocycles. The lowest BCUT2D eigenvalue weighted by Gasteiger charge is -2.38. The summed E-state index contributed by atoms with van der Waals surface area (Å²) >= 11 is 1.83. The Hall–Kier alpha value is -0.610. The Morgan fingerprint density at radius 3 is 2.74 bits per heavy atom. The zero-order chi connectivity index (χ0) is 13.9. The van der Waals surface area contributed by atoms with Gasteiger partial charge in [0.05, 0.1) is 0 Å². The van der Waals surface area contributed by atoms with Gasteiger partial charge in [0.25, 0.3) is 0 Å². The molecular weight excluding hydrogens is 254 g/mol. The van der Waals surface area contributed by atoms with E-state index in [4.69, 9.17) is 0 Å². The largest absolute Gasteiger partial charge is 0.348 e. The number of hydrogen-bond donors (Lipinski definition) is 1. The molecule has 1 heterocycles. The van der Waals surface area contributed by atoms with Gasteiger partial charge in [0.15, 0.2) is 5.13 Å². The van der Waals surface area contributed by atoms with Crippen LogP contribution in [0.1, 0.15) is 51.3 Å². The van der Waals surface area contributed by atoms with Gasteiger partial charge in [-0.1, -0.05) is 20.8 Å². The highest BCUT2D eigenvalue weighted by Gasteiger charge is 2.29.